The summed E-state index contributed by atoms with van der Waals surface area (Å²) in [6, 6.07) is 5.07. The van der Waals surface area contributed by atoms with Gasteiger partial charge in [0.25, 0.3) is 10.1 Å². The molecule has 0 aliphatic rings. The molecule has 0 aromatic heterocycles. The van der Waals surface area contributed by atoms with E-state index >= 15 is 0 Å². The number of hydrogen-bond acceptors (Lipinski definition) is 2. The highest BCUT2D eigenvalue weighted by atomic mass is 32.2. The Kier molecular flexibility index (Phi) is 3.67. The van der Waals surface area contributed by atoms with E-state index in [-0.39, 0.29) is 15.7 Å². The van der Waals surface area contributed by atoms with Crippen molar-refractivity contribution < 1.29 is 13.0 Å². The summed E-state index contributed by atoms with van der Waals surface area (Å²) in [6.07, 6.45) is 0. The van der Waals surface area contributed by atoms with Gasteiger partial charge >= 0.3 is 0 Å². The maximum Gasteiger partial charge on any atom is 0.294 e. The number of benzene rings is 1. The van der Waals surface area contributed by atoms with Crippen molar-refractivity contribution in [1.29, 1.82) is 0 Å². The van der Waals surface area contributed by atoms with Crippen molar-refractivity contribution >= 4 is 10.1 Å². The van der Waals surface area contributed by atoms with Crippen LogP contribution in [-0.2, 0) is 20.9 Å². The van der Waals surface area contributed by atoms with E-state index in [1.807, 2.05) is 47.6 Å². The molecule has 0 radical (unpaired) electrons. The largest absolute Gasteiger partial charge is 0.294 e. The Morgan fingerprint density at radius 3 is 1.78 bits per heavy atom. The predicted molar refractivity (Wildman–Crippen MR) is 73.7 cm³/mol. The molecule has 3 nitrogen and oxygen atoms in total. The second-order valence-electron chi connectivity index (χ2n) is 6.65. The molecule has 0 bridgehead atoms. The Bertz CT molecular complexity index is 543. The van der Waals surface area contributed by atoms with Crippen molar-refractivity contribution in [2.45, 2.75) is 57.3 Å². The Morgan fingerprint density at radius 1 is 0.944 bits per heavy atom. The van der Waals surface area contributed by atoms with E-state index < -0.39 is 10.1 Å². The molecular weight excluding hydrogens is 248 g/mol. The van der Waals surface area contributed by atoms with Gasteiger partial charge in [0, 0.05) is 0 Å². The topological polar surface area (TPSA) is 54.4 Å². The lowest BCUT2D eigenvalue weighted by Gasteiger charge is -2.31. The van der Waals surface area contributed by atoms with Crippen LogP contribution < -0.4 is 0 Å². The molecular formula is C14H22O3S. The van der Waals surface area contributed by atoms with Crippen LogP contribution in [0.1, 0.15) is 52.7 Å². The van der Waals surface area contributed by atoms with Crippen LogP contribution in [0.3, 0.4) is 0 Å². The number of hydrogen-bond donors (Lipinski definition) is 1. The zero-order valence-corrected chi connectivity index (χ0v) is 12.7. The van der Waals surface area contributed by atoms with E-state index in [0.29, 0.717) is 5.56 Å². The van der Waals surface area contributed by atoms with Gasteiger partial charge in [-0.3, -0.25) is 4.55 Å². The van der Waals surface area contributed by atoms with Gasteiger partial charge in [-0.1, -0.05) is 53.7 Å². The van der Waals surface area contributed by atoms with Crippen LogP contribution in [0, 0.1) is 0 Å². The zero-order valence-electron chi connectivity index (χ0n) is 11.9. The van der Waals surface area contributed by atoms with Gasteiger partial charge in [-0.05, 0) is 28.0 Å². The average Bonchev–Trinajstić information content (AvgIpc) is 2.12. The Morgan fingerprint density at radius 2 is 1.44 bits per heavy atom. The van der Waals surface area contributed by atoms with Crippen LogP contribution in [0.15, 0.2) is 23.1 Å². The van der Waals surface area contributed by atoms with Crippen molar-refractivity contribution in [3.63, 3.8) is 0 Å². The monoisotopic (exact) mass is 270 g/mol. The molecule has 4 heteroatoms. The van der Waals surface area contributed by atoms with Gasteiger partial charge in [-0.15, -0.1) is 0 Å². The van der Waals surface area contributed by atoms with Gasteiger partial charge in [-0.25, -0.2) is 0 Å². The van der Waals surface area contributed by atoms with Gasteiger partial charge in [0.2, 0.25) is 0 Å². The number of rotatable bonds is 1. The first-order chi connectivity index (χ1) is 7.85. The molecule has 0 heterocycles. The minimum Gasteiger partial charge on any atom is -0.282 e. The van der Waals surface area contributed by atoms with Crippen LogP contribution in [0.4, 0.5) is 0 Å². The first-order valence-electron chi connectivity index (χ1n) is 5.96. The molecule has 0 saturated carbocycles. The van der Waals surface area contributed by atoms with Gasteiger partial charge in [0.05, 0.1) is 4.90 Å². The molecule has 1 N–H and O–H groups in total. The molecule has 0 fully saturated rings. The molecule has 102 valence electrons. The first-order valence-corrected chi connectivity index (χ1v) is 7.40. The molecule has 1 rings (SSSR count). The molecule has 0 aliphatic heterocycles. The van der Waals surface area contributed by atoms with Gasteiger partial charge < -0.3 is 0 Å². The van der Waals surface area contributed by atoms with Gasteiger partial charge in [-0.2, -0.15) is 8.42 Å². The quantitative estimate of drug-likeness (QED) is 0.794. The Hall–Kier alpha value is -0.870. The SMILES string of the molecule is CC(C)(C)c1cccc(S(=O)(=O)O)c1C(C)(C)C. The third kappa shape index (κ3) is 3.12. The summed E-state index contributed by atoms with van der Waals surface area (Å²) in [5.74, 6) is 0. The fourth-order valence-electron chi connectivity index (χ4n) is 2.14. The highest BCUT2D eigenvalue weighted by molar-refractivity contribution is 7.85. The van der Waals surface area contributed by atoms with E-state index in [1.54, 1.807) is 6.07 Å². The molecule has 1 aromatic rings. The van der Waals surface area contributed by atoms with E-state index in [2.05, 4.69) is 0 Å². The van der Waals surface area contributed by atoms with Crippen molar-refractivity contribution in [2.24, 2.45) is 0 Å². The van der Waals surface area contributed by atoms with E-state index in [4.69, 9.17) is 0 Å². The van der Waals surface area contributed by atoms with Gasteiger partial charge in [0.15, 0.2) is 0 Å². The van der Waals surface area contributed by atoms with Crippen LogP contribution >= 0.6 is 0 Å². The second kappa shape index (κ2) is 4.35. The van der Waals surface area contributed by atoms with Crippen LogP contribution in [0.2, 0.25) is 0 Å². The maximum absolute atomic E-state index is 11.5. The summed E-state index contributed by atoms with van der Waals surface area (Å²) in [7, 11) is -4.20. The van der Waals surface area contributed by atoms with Crippen molar-refractivity contribution in [2.75, 3.05) is 0 Å². The van der Waals surface area contributed by atoms with Crippen molar-refractivity contribution in [3.8, 4) is 0 Å². The Balaban J connectivity index is 3.79. The molecule has 18 heavy (non-hydrogen) atoms. The van der Waals surface area contributed by atoms with Crippen LogP contribution in [0.5, 0.6) is 0 Å². The van der Waals surface area contributed by atoms with Gasteiger partial charge in [0.1, 0.15) is 0 Å². The summed E-state index contributed by atoms with van der Waals surface area (Å²) in [6.45, 7) is 12.0. The zero-order chi connectivity index (χ0) is 14.4. The summed E-state index contributed by atoms with van der Waals surface area (Å²) in [5.41, 5.74) is 1.11. The molecule has 0 aliphatic carbocycles. The highest BCUT2D eigenvalue weighted by Crippen LogP contribution is 2.37. The van der Waals surface area contributed by atoms with E-state index in [9.17, 15) is 13.0 Å². The fourth-order valence-corrected chi connectivity index (χ4v) is 3.07. The molecule has 0 unspecified atom stereocenters. The summed E-state index contributed by atoms with van der Waals surface area (Å²) in [5, 5.41) is 0. The maximum atomic E-state index is 11.5. The lowest BCUT2D eigenvalue weighted by Crippen LogP contribution is -2.25. The van der Waals surface area contributed by atoms with E-state index in [0.717, 1.165) is 5.56 Å². The molecule has 1 aromatic carbocycles. The fraction of sp³-hybridized carbons (Fsp3) is 0.571. The lowest BCUT2D eigenvalue weighted by molar-refractivity contribution is 0.470. The highest BCUT2D eigenvalue weighted by Gasteiger charge is 2.31. The van der Waals surface area contributed by atoms with E-state index in [1.165, 1.54) is 6.07 Å². The summed E-state index contributed by atoms with van der Waals surface area (Å²) < 4.78 is 32.5. The molecule has 0 amide bonds. The second-order valence-corrected chi connectivity index (χ2v) is 8.04. The first kappa shape index (κ1) is 15.2. The third-order valence-electron chi connectivity index (χ3n) is 2.86. The normalized spacial score (nSPS) is 13.7. The minimum atomic E-state index is -4.20. The summed E-state index contributed by atoms with van der Waals surface area (Å²) in [4.78, 5) is 0.0161. The van der Waals surface area contributed by atoms with Crippen molar-refractivity contribution in [1.82, 2.24) is 0 Å². The molecule has 0 atom stereocenters. The van der Waals surface area contributed by atoms with Crippen molar-refractivity contribution in [3.05, 3.63) is 29.3 Å². The van der Waals surface area contributed by atoms with Crippen LogP contribution in [-0.4, -0.2) is 13.0 Å². The van der Waals surface area contributed by atoms with Crippen LogP contribution in [0.25, 0.3) is 0 Å². The standard InChI is InChI=1S/C14H22O3S/c1-13(2,3)10-8-7-9-11(18(15,16)17)12(10)14(4,5)6/h7-9H,1-6H3,(H,15,16,17). The molecule has 0 saturated heterocycles. The smallest absolute Gasteiger partial charge is 0.282 e. The predicted octanol–water partition coefficient (Wildman–Crippen LogP) is 3.53. The Labute approximate surface area is 110 Å². The average molecular weight is 270 g/mol. The third-order valence-corrected chi connectivity index (χ3v) is 3.76. The summed E-state index contributed by atoms with van der Waals surface area (Å²) >= 11 is 0. The molecule has 0 spiro atoms. The lowest BCUT2D eigenvalue weighted by atomic mass is 9.75. The minimum absolute atomic E-state index is 0.0161.